The average molecular weight is 221 g/mol. The Morgan fingerprint density at radius 3 is 2.75 bits per heavy atom. The van der Waals surface area contributed by atoms with Gasteiger partial charge < -0.3 is 16.8 Å². The molecule has 0 heterocycles. The van der Waals surface area contributed by atoms with Crippen LogP contribution in [0.1, 0.15) is 24.8 Å². The molecule has 0 bridgehead atoms. The molecule has 0 aliphatic heterocycles. The molecular formula is C12H19N3O. The van der Waals surface area contributed by atoms with Gasteiger partial charge in [0.05, 0.1) is 0 Å². The molecule has 0 aliphatic carbocycles. The van der Waals surface area contributed by atoms with Gasteiger partial charge in [-0.3, -0.25) is 4.79 Å². The Morgan fingerprint density at radius 1 is 1.38 bits per heavy atom. The van der Waals surface area contributed by atoms with E-state index in [4.69, 9.17) is 11.5 Å². The molecule has 4 nitrogen and oxygen atoms in total. The van der Waals surface area contributed by atoms with Gasteiger partial charge in [0.15, 0.2) is 0 Å². The molecule has 0 fully saturated rings. The van der Waals surface area contributed by atoms with Gasteiger partial charge in [-0.15, -0.1) is 0 Å². The van der Waals surface area contributed by atoms with Crippen molar-refractivity contribution in [3.05, 3.63) is 23.8 Å². The smallest absolute Gasteiger partial charge is 0.217 e. The molecular weight excluding hydrogens is 202 g/mol. The summed E-state index contributed by atoms with van der Waals surface area (Å²) < 4.78 is 0. The number of nitrogen functional groups attached to an aromatic ring is 1. The summed E-state index contributed by atoms with van der Waals surface area (Å²) in [5, 5.41) is 3.31. The van der Waals surface area contributed by atoms with Crippen LogP contribution in [-0.4, -0.2) is 12.5 Å². The van der Waals surface area contributed by atoms with E-state index in [1.54, 1.807) is 0 Å². The van der Waals surface area contributed by atoms with Gasteiger partial charge in [0.1, 0.15) is 0 Å². The van der Waals surface area contributed by atoms with E-state index >= 15 is 0 Å². The summed E-state index contributed by atoms with van der Waals surface area (Å²) in [6, 6.07) is 5.78. The van der Waals surface area contributed by atoms with Crippen LogP contribution in [0.25, 0.3) is 0 Å². The molecule has 0 radical (unpaired) electrons. The van der Waals surface area contributed by atoms with Crippen molar-refractivity contribution in [3.8, 4) is 0 Å². The largest absolute Gasteiger partial charge is 0.399 e. The molecule has 1 amide bonds. The van der Waals surface area contributed by atoms with Crippen LogP contribution in [0.4, 0.5) is 11.4 Å². The van der Waals surface area contributed by atoms with Gasteiger partial charge in [-0.1, -0.05) is 0 Å². The highest BCUT2D eigenvalue weighted by molar-refractivity contribution is 5.73. The van der Waals surface area contributed by atoms with E-state index in [1.165, 1.54) is 0 Å². The number of benzene rings is 1. The molecule has 16 heavy (non-hydrogen) atoms. The molecule has 88 valence electrons. The lowest BCUT2D eigenvalue weighted by atomic mass is 10.1. The third kappa shape index (κ3) is 4.21. The number of rotatable bonds is 6. The summed E-state index contributed by atoms with van der Waals surface area (Å²) in [5.74, 6) is -0.233. The van der Waals surface area contributed by atoms with Gasteiger partial charge in [0, 0.05) is 24.3 Å². The summed E-state index contributed by atoms with van der Waals surface area (Å²) in [7, 11) is 0. The molecule has 0 spiro atoms. The molecule has 0 unspecified atom stereocenters. The third-order valence-corrected chi connectivity index (χ3v) is 2.42. The van der Waals surface area contributed by atoms with Crippen molar-refractivity contribution < 1.29 is 4.79 Å². The van der Waals surface area contributed by atoms with Crippen molar-refractivity contribution >= 4 is 17.3 Å². The van der Waals surface area contributed by atoms with Crippen LogP contribution in [0.2, 0.25) is 0 Å². The van der Waals surface area contributed by atoms with E-state index < -0.39 is 0 Å². The van der Waals surface area contributed by atoms with Crippen molar-refractivity contribution in [1.29, 1.82) is 0 Å². The minimum atomic E-state index is -0.233. The normalized spacial score (nSPS) is 10.1. The fourth-order valence-corrected chi connectivity index (χ4v) is 1.53. The Bertz CT molecular complexity index is 363. The molecule has 4 heteroatoms. The van der Waals surface area contributed by atoms with Crippen LogP contribution in [0.5, 0.6) is 0 Å². The molecule has 0 aromatic heterocycles. The van der Waals surface area contributed by atoms with Crippen molar-refractivity contribution in [3.63, 3.8) is 0 Å². The first-order valence-electron chi connectivity index (χ1n) is 5.48. The molecule has 0 atom stereocenters. The Morgan fingerprint density at radius 2 is 2.12 bits per heavy atom. The minimum absolute atomic E-state index is 0.233. The quantitative estimate of drug-likeness (QED) is 0.504. The predicted molar refractivity (Wildman–Crippen MR) is 67.1 cm³/mol. The molecule has 0 saturated heterocycles. The number of hydrogen-bond acceptors (Lipinski definition) is 3. The van der Waals surface area contributed by atoms with E-state index in [2.05, 4.69) is 5.32 Å². The van der Waals surface area contributed by atoms with Gasteiger partial charge in [-0.25, -0.2) is 0 Å². The van der Waals surface area contributed by atoms with Gasteiger partial charge in [-0.05, 0) is 43.5 Å². The average Bonchev–Trinajstić information content (AvgIpc) is 2.20. The van der Waals surface area contributed by atoms with Crippen LogP contribution >= 0.6 is 0 Å². The van der Waals surface area contributed by atoms with Gasteiger partial charge in [0.2, 0.25) is 5.91 Å². The highest BCUT2D eigenvalue weighted by atomic mass is 16.1. The maximum Gasteiger partial charge on any atom is 0.217 e. The summed E-state index contributed by atoms with van der Waals surface area (Å²) >= 11 is 0. The molecule has 1 aromatic carbocycles. The number of carbonyl (C=O) groups excluding carboxylic acids is 1. The fourth-order valence-electron chi connectivity index (χ4n) is 1.53. The van der Waals surface area contributed by atoms with Gasteiger partial charge in [-0.2, -0.15) is 0 Å². The Labute approximate surface area is 96.0 Å². The first-order valence-corrected chi connectivity index (χ1v) is 5.48. The second-order valence-corrected chi connectivity index (χ2v) is 3.92. The number of anilines is 2. The van der Waals surface area contributed by atoms with Crippen LogP contribution in [-0.2, 0) is 4.79 Å². The van der Waals surface area contributed by atoms with E-state index in [0.717, 1.165) is 36.3 Å². The lowest BCUT2D eigenvalue weighted by Gasteiger charge is -2.09. The number of unbranched alkanes of at least 4 members (excludes halogenated alkanes) is 1. The van der Waals surface area contributed by atoms with Crippen molar-refractivity contribution in [2.45, 2.75) is 26.2 Å². The number of hydrogen-bond donors (Lipinski definition) is 3. The second kappa shape index (κ2) is 6.00. The summed E-state index contributed by atoms with van der Waals surface area (Å²) in [5.41, 5.74) is 13.7. The predicted octanol–water partition coefficient (Wildman–Crippen LogP) is 1.64. The monoisotopic (exact) mass is 221 g/mol. The maximum atomic E-state index is 10.5. The van der Waals surface area contributed by atoms with E-state index in [0.29, 0.717) is 6.42 Å². The Balaban J connectivity index is 2.29. The number of nitrogens with two attached hydrogens (primary N) is 2. The molecule has 1 aromatic rings. The van der Waals surface area contributed by atoms with Crippen LogP contribution in [0.15, 0.2) is 18.2 Å². The fraction of sp³-hybridized carbons (Fsp3) is 0.417. The van der Waals surface area contributed by atoms with Gasteiger partial charge in [0.25, 0.3) is 0 Å². The minimum Gasteiger partial charge on any atom is -0.399 e. The number of aryl methyl sites for hydroxylation is 1. The van der Waals surface area contributed by atoms with Gasteiger partial charge >= 0.3 is 0 Å². The zero-order valence-corrected chi connectivity index (χ0v) is 9.62. The number of carbonyl (C=O) groups is 1. The highest BCUT2D eigenvalue weighted by Crippen LogP contribution is 2.17. The van der Waals surface area contributed by atoms with E-state index in [9.17, 15) is 4.79 Å². The maximum absolute atomic E-state index is 10.5. The zero-order valence-electron chi connectivity index (χ0n) is 9.62. The van der Waals surface area contributed by atoms with E-state index in [1.807, 2.05) is 25.1 Å². The SMILES string of the molecule is Cc1cc(N)ccc1NCCCCC(N)=O. The zero-order chi connectivity index (χ0) is 12.0. The van der Waals surface area contributed by atoms with Crippen LogP contribution in [0.3, 0.4) is 0 Å². The topological polar surface area (TPSA) is 81.1 Å². The van der Waals surface area contributed by atoms with Crippen molar-refractivity contribution in [1.82, 2.24) is 0 Å². The number of nitrogens with one attached hydrogen (secondary N) is 1. The summed E-state index contributed by atoms with van der Waals surface area (Å²) in [6.07, 6.45) is 2.23. The van der Waals surface area contributed by atoms with Crippen molar-refractivity contribution in [2.24, 2.45) is 5.73 Å². The molecule has 0 saturated carbocycles. The third-order valence-electron chi connectivity index (χ3n) is 2.42. The first-order chi connectivity index (χ1) is 7.59. The van der Waals surface area contributed by atoms with Crippen molar-refractivity contribution in [2.75, 3.05) is 17.6 Å². The second-order valence-electron chi connectivity index (χ2n) is 3.92. The summed E-state index contributed by atoms with van der Waals surface area (Å²) in [6.45, 7) is 2.86. The lowest BCUT2D eigenvalue weighted by Crippen LogP contribution is -2.11. The van der Waals surface area contributed by atoms with Crippen LogP contribution in [0, 0.1) is 6.92 Å². The Hall–Kier alpha value is -1.71. The van der Waals surface area contributed by atoms with E-state index in [-0.39, 0.29) is 5.91 Å². The standard InChI is InChI=1S/C12H19N3O/c1-9-8-10(13)5-6-11(9)15-7-3-2-4-12(14)16/h5-6,8,15H,2-4,7,13H2,1H3,(H2,14,16). The number of amides is 1. The Kier molecular flexibility index (Phi) is 4.64. The highest BCUT2D eigenvalue weighted by Gasteiger charge is 1.98. The summed E-state index contributed by atoms with van der Waals surface area (Å²) in [4.78, 5) is 10.5. The lowest BCUT2D eigenvalue weighted by molar-refractivity contribution is -0.118. The first kappa shape index (κ1) is 12.4. The number of primary amides is 1. The molecule has 0 aliphatic rings. The molecule has 1 rings (SSSR count). The van der Waals surface area contributed by atoms with Crippen LogP contribution < -0.4 is 16.8 Å². The molecule has 5 N–H and O–H groups in total.